The summed E-state index contributed by atoms with van der Waals surface area (Å²) in [7, 11) is 0. The van der Waals surface area contributed by atoms with Gasteiger partial charge in [-0.15, -0.1) is 16.4 Å². The highest BCUT2D eigenvalue weighted by atomic mass is 79.9. The molecular formula is C10H9BrN4OS. The van der Waals surface area contributed by atoms with E-state index >= 15 is 0 Å². The molecule has 2 heterocycles. The molecule has 2 N–H and O–H groups in total. The number of H-pyrrole nitrogens is 1. The maximum Gasteiger partial charge on any atom is 0.250 e. The van der Waals surface area contributed by atoms with Gasteiger partial charge in [0.25, 0.3) is 5.91 Å². The predicted octanol–water partition coefficient (Wildman–Crippen LogP) is 2.59. The number of aryl methyl sites for hydroxylation is 1. The van der Waals surface area contributed by atoms with Gasteiger partial charge >= 0.3 is 0 Å². The Bertz CT molecular complexity index is 560. The first-order valence-corrected chi connectivity index (χ1v) is 6.38. The van der Waals surface area contributed by atoms with Crippen molar-refractivity contribution in [2.75, 3.05) is 5.32 Å². The molecule has 7 heteroatoms. The van der Waals surface area contributed by atoms with Crippen molar-refractivity contribution in [3.63, 3.8) is 0 Å². The Morgan fingerprint density at radius 1 is 1.59 bits per heavy atom. The fraction of sp³-hybridized carbons (Fsp3) is 0.100. The first-order chi connectivity index (χ1) is 8.13. The molecule has 0 saturated carbocycles. The number of rotatable bonds is 3. The molecule has 0 fully saturated rings. The van der Waals surface area contributed by atoms with Crippen molar-refractivity contribution in [3.8, 4) is 0 Å². The van der Waals surface area contributed by atoms with Crippen LogP contribution in [0, 0.1) is 6.92 Å². The van der Waals surface area contributed by atoms with Crippen LogP contribution >= 0.6 is 27.3 Å². The van der Waals surface area contributed by atoms with Gasteiger partial charge in [0.15, 0.2) is 0 Å². The molecule has 0 saturated heterocycles. The molecule has 0 aromatic carbocycles. The zero-order chi connectivity index (χ0) is 12.3. The molecule has 0 unspecified atom stereocenters. The van der Waals surface area contributed by atoms with Crippen LogP contribution < -0.4 is 5.32 Å². The lowest BCUT2D eigenvalue weighted by Gasteiger charge is -1.93. The van der Waals surface area contributed by atoms with E-state index in [0.717, 1.165) is 8.66 Å². The molecule has 0 aliphatic carbocycles. The lowest BCUT2D eigenvalue weighted by molar-refractivity contribution is -0.111. The van der Waals surface area contributed by atoms with Crippen LogP contribution in [-0.4, -0.2) is 21.1 Å². The summed E-state index contributed by atoms with van der Waals surface area (Å²) in [5, 5.41) is 9.01. The van der Waals surface area contributed by atoms with E-state index in [0.29, 0.717) is 5.82 Å². The minimum atomic E-state index is -0.256. The Kier molecular flexibility index (Phi) is 3.70. The molecule has 88 valence electrons. The molecule has 0 radical (unpaired) electrons. The molecule has 0 aliphatic rings. The summed E-state index contributed by atoms with van der Waals surface area (Å²) in [6, 6.07) is 3.86. The smallest absolute Gasteiger partial charge is 0.250 e. The van der Waals surface area contributed by atoms with Crippen LogP contribution in [0.4, 0.5) is 5.95 Å². The highest BCUT2D eigenvalue weighted by Gasteiger charge is 2.02. The summed E-state index contributed by atoms with van der Waals surface area (Å²) in [5.74, 6) is 0.685. The van der Waals surface area contributed by atoms with Gasteiger partial charge in [-0.25, -0.2) is 0 Å². The van der Waals surface area contributed by atoms with Gasteiger partial charge in [-0.1, -0.05) is 0 Å². The third-order valence-corrected chi connectivity index (χ3v) is 3.41. The highest BCUT2D eigenvalue weighted by molar-refractivity contribution is 9.11. The molecule has 0 atom stereocenters. The maximum absolute atomic E-state index is 11.5. The van der Waals surface area contributed by atoms with Gasteiger partial charge in [0.2, 0.25) is 5.95 Å². The van der Waals surface area contributed by atoms with Crippen LogP contribution in [0.25, 0.3) is 6.08 Å². The number of hydrogen-bond acceptors (Lipinski definition) is 4. The van der Waals surface area contributed by atoms with E-state index in [1.165, 1.54) is 6.08 Å². The number of aromatic amines is 1. The van der Waals surface area contributed by atoms with E-state index in [4.69, 9.17) is 0 Å². The van der Waals surface area contributed by atoms with E-state index in [2.05, 4.69) is 36.4 Å². The molecule has 0 spiro atoms. The zero-order valence-electron chi connectivity index (χ0n) is 8.90. The fourth-order valence-electron chi connectivity index (χ4n) is 1.13. The standard InChI is InChI=1S/C10H9BrN4OS/c1-6-12-10(15-14-6)13-9(16)5-3-7-2-4-8(11)17-7/h2-5H,1H3,(H2,12,13,14,15,16)/b5-3+. The molecule has 2 rings (SSSR count). The van der Waals surface area contributed by atoms with Gasteiger partial charge in [-0.05, 0) is 41.1 Å². The summed E-state index contributed by atoms with van der Waals surface area (Å²) in [5.41, 5.74) is 0. The Balaban J connectivity index is 1.95. The SMILES string of the molecule is Cc1nc(NC(=O)/C=C/c2ccc(Br)s2)n[nH]1. The summed E-state index contributed by atoms with van der Waals surface area (Å²) < 4.78 is 1.03. The van der Waals surface area contributed by atoms with Crippen molar-refractivity contribution in [1.82, 2.24) is 15.2 Å². The number of carbonyl (C=O) groups is 1. The summed E-state index contributed by atoms with van der Waals surface area (Å²) in [6.45, 7) is 1.77. The number of halogens is 1. The predicted molar refractivity (Wildman–Crippen MR) is 70.8 cm³/mol. The van der Waals surface area contributed by atoms with Crippen LogP contribution in [0.5, 0.6) is 0 Å². The second-order valence-corrected chi connectivity index (χ2v) is 5.70. The van der Waals surface area contributed by atoms with E-state index in [9.17, 15) is 4.79 Å². The number of nitrogens with one attached hydrogen (secondary N) is 2. The van der Waals surface area contributed by atoms with Crippen molar-refractivity contribution >= 4 is 45.2 Å². The highest BCUT2D eigenvalue weighted by Crippen LogP contribution is 2.22. The van der Waals surface area contributed by atoms with Crippen LogP contribution in [0.3, 0.4) is 0 Å². The van der Waals surface area contributed by atoms with Crippen molar-refractivity contribution in [2.45, 2.75) is 6.92 Å². The molecule has 1 amide bonds. The van der Waals surface area contributed by atoms with Crippen molar-refractivity contribution in [2.24, 2.45) is 0 Å². The number of nitrogens with zero attached hydrogens (tertiary/aromatic N) is 2. The molecule has 2 aromatic rings. The van der Waals surface area contributed by atoms with Crippen molar-refractivity contribution in [1.29, 1.82) is 0 Å². The number of anilines is 1. The number of amides is 1. The minimum absolute atomic E-state index is 0.256. The number of thiophene rings is 1. The van der Waals surface area contributed by atoms with E-state index in [-0.39, 0.29) is 11.9 Å². The Labute approximate surface area is 110 Å². The Hall–Kier alpha value is -1.47. The molecular weight excluding hydrogens is 304 g/mol. The van der Waals surface area contributed by atoms with Crippen molar-refractivity contribution in [3.05, 3.63) is 32.7 Å². The molecule has 2 aromatic heterocycles. The van der Waals surface area contributed by atoms with Gasteiger partial charge in [-0.2, -0.15) is 4.98 Å². The lowest BCUT2D eigenvalue weighted by atomic mass is 10.4. The fourth-order valence-corrected chi connectivity index (χ4v) is 2.45. The first-order valence-electron chi connectivity index (χ1n) is 4.77. The van der Waals surface area contributed by atoms with Gasteiger partial charge in [0.1, 0.15) is 5.82 Å². The largest absolute Gasteiger partial charge is 0.290 e. The van der Waals surface area contributed by atoms with Gasteiger partial charge in [0, 0.05) is 11.0 Å². The first kappa shape index (κ1) is 12.0. The van der Waals surface area contributed by atoms with E-state index in [1.807, 2.05) is 12.1 Å². The van der Waals surface area contributed by atoms with Crippen LogP contribution in [0.15, 0.2) is 22.0 Å². The quantitative estimate of drug-likeness (QED) is 0.856. The second-order valence-electron chi connectivity index (χ2n) is 3.21. The second kappa shape index (κ2) is 5.24. The lowest BCUT2D eigenvalue weighted by Crippen LogP contribution is -2.08. The van der Waals surface area contributed by atoms with Gasteiger partial charge in [0.05, 0.1) is 3.79 Å². The maximum atomic E-state index is 11.5. The summed E-state index contributed by atoms with van der Waals surface area (Å²) in [6.07, 6.45) is 3.19. The molecule has 0 bridgehead atoms. The van der Waals surface area contributed by atoms with Crippen LogP contribution in [0.1, 0.15) is 10.7 Å². The Morgan fingerprint density at radius 2 is 2.41 bits per heavy atom. The number of carbonyl (C=O) groups excluding carboxylic acids is 1. The number of aromatic nitrogens is 3. The minimum Gasteiger partial charge on any atom is -0.290 e. The topological polar surface area (TPSA) is 70.7 Å². The normalized spacial score (nSPS) is 10.9. The third-order valence-electron chi connectivity index (χ3n) is 1.83. The third kappa shape index (κ3) is 3.50. The zero-order valence-corrected chi connectivity index (χ0v) is 11.3. The van der Waals surface area contributed by atoms with Gasteiger partial charge in [-0.3, -0.25) is 15.2 Å². The van der Waals surface area contributed by atoms with E-state index < -0.39 is 0 Å². The van der Waals surface area contributed by atoms with E-state index in [1.54, 1.807) is 24.3 Å². The number of hydrogen-bond donors (Lipinski definition) is 2. The average molecular weight is 313 g/mol. The summed E-state index contributed by atoms with van der Waals surface area (Å²) >= 11 is 4.91. The summed E-state index contributed by atoms with van der Waals surface area (Å²) in [4.78, 5) is 16.5. The van der Waals surface area contributed by atoms with Crippen LogP contribution in [-0.2, 0) is 4.79 Å². The van der Waals surface area contributed by atoms with Crippen molar-refractivity contribution < 1.29 is 4.79 Å². The molecule has 5 nitrogen and oxygen atoms in total. The molecule has 17 heavy (non-hydrogen) atoms. The average Bonchev–Trinajstić information content (AvgIpc) is 2.85. The van der Waals surface area contributed by atoms with Gasteiger partial charge < -0.3 is 0 Å². The van der Waals surface area contributed by atoms with Crippen LogP contribution in [0.2, 0.25) is 0 Å². The monoisotopic (exact) mass is 312 g/mol. The molecule has 0 aliphatic heterocycles. The Morgan fingerprint density at radius 3 is 3.00 bits per heavy atom.